The van der Waals surface area contributed by atoms with E-state index in [1.165, 1.54) is 16.9 Å². The van der Waals surface area contributed by atoms with Crippen LogP contribution in [0.2, 0.25) is 0 Å². The largest absolute Gasteiger partial charge is 0.294 e. The van der Waals surface area contributed by atoms with Crippen LogP contribution in [0.5, 0.6) is 0 Å². The first-order chi connectivity index (χ1) is 15.2. The van der Waals surface area contributed by atoms with Gasteiger partial charge in [0.1, 0.15) is 4.83 Å². The average Bonchev–Trinajstić information content (AvgIpc) is 3.17. The van der Waals surface area contributed by atoms with E-state index in [0.717, 1.165) is 41.1 Å². The molecule has 0 aliphatic carbocycles. The van der Waals surface area contributed by atoms with Crippen LogP contribution in [0.4, 0.5) is 5.95 Å². The monoisotopic (exact) mass is 431 g/mol. The minimum absolute atomic E-state index is 0.0473. The number of nitrogens with one attached hydrogen (secondary N) is 1. The van der Waals surface area contributed by atoms with Gasteiger partial charge >= 0.3 is 0 Å². The summed E-state index contributed by atoms with van der Waals surface area (Å²) in [4.78, 5) is 35.1. The standard InChI is InChI=1S/C23H21N5O2S/c24-26-23-25-20-19(22(30)28(23)21(29)16-9-5-2-6-10-16)17-11-12-27(14-18(17)31-20)13-15-7-3-1-4-8-15/h1-10H,11-14,24H2,(H,25,26). The summed E-state index contributed by atoms with van der Waals surface area (Å²) in [5, 5.41) is 0.530. The van der Waals surface area contributed by atoms with Crippen LogP contribution in [0.3, 0.4) is 0 Å². The zero-order chi connectivity index (χ0) is 21.4. The minimum Gasteiger partial charge on any atom is -0.294 e. The molecule has 8 heteroatoms. The Morgan fingerprint density at radius 2 is 1.81 bits per heavy atom. The Bertz CT molecular complexity index is 1310. The Morgan fingerprint density at radius 3 is 2.52 bits per heavy atom. The molecule has 3 N–H and O–H groups in total. The molecule has 1 aliphatic heterocycles. The van der Waals surface area contributed by atoms with Gasteiger partial charge in [-0.15, -0.1) is 11.3 Å². The normalized spacial score (nSPS) is 13.8. The molecule has 1 aliphatic rings. The SMILES string of the molecule is NNc1nc2sc3c(c2c(=O)n1C(=O)c1ccccc1)CCN(Cc1ccccc1)C3. The van der Waals surface area contributed by atoms with E-state index in [4.69, 9.17) is 5.84 Å². The summed E-state index contributed by atoms with van der Waals surface area (Å²) in [5.41, 5.74) is 4.72. The van der Waals surface area contributed by atoms with Crippen LogP contribution >= 0.6 is 11.3 Å². The summed E-state index contributed by atoms with van der Waals surface area (Å²) >= 11 is 1.50. The van der Waals surface area contributed by atoms with Crippen molar-refractivity contribution in [2.75, 3.05) is 12.0 Å². The second-order valence-electron chi connectivity index (χ2n) is 7.52. The first kappa shape index (κ1) is 19.6. The molecule has 5 rings (SSSR count). The number of nitrogens with two attached hydrogens (primary N) is 1. The van der Waals surface area contributed by atoms with E-state index in [0.29, 0.717) is 15.8 Å². The van der Waals surface area contributed by atoms with Gasteiger partial charge in [0.25, 0.3) is 11.5 Å². The van der Waals surface area contributed by atoms with Gasteiger partial charge in [-0.25, -0.2) is 15.4 Å². The third-order valence-corrected chi connectivity index (χ3v) is 6.67. The lowest BCUT2D eigenvalue weighted by molar-refractivity contribution is 0.0958. The number of hydrogen-bond donors (Lipinski definition) is 2. The molecule has 0 atom stereocenters. The topological polar surface area (TPSA) is 93.2 Å². The van der Waals surface area contributed by atoms with Gasteiger partial charge in [0.2, 0.25) is 5.95 Å². The summed E-state index contributed by atoms with van der Waals surface area (Å²) < 4.78 is 1.04. The van der Waals surface area contributed by atoms with Crippen molar-refractivity contribution < 1.29 is 4.79 Å². The van der Waals surface area contributed by atoms with Crippen LogP contribution in [0.25, 0.3) is 10.2 Å². The van der Waals surface area contributed by atoms with E-state index in [1.54, 1.807) is 24.3 Å². The molecule has 31 heavy (non-hydrogen) atoms. The first-order valence-corrected chi connectivity index (χ1v) is 10.9. The van der Waals surface area contributed by atoms with Gasteiger partial charge in [-0.3, -0.25) is 19.9 Å². The van der Waals surface area contributed by atoms with Crippen LogP contribution < -0.4 is 16.8 Å². The van der Waals surface area contributed by atoms with Gasteiger partial charge in [0, 0.05) is 30.1 Å². The molecular formula is C23H21N5O2S. The van der Waals surface area contributed by atoms with Crippen LogP contribution in [0.1, 0.15) is 26.4 Å². The van der Waals surface area contributed by atoms with Gasteiger partial charge in [-0.1, -0.05) is 48.5 Å². The van der Waals surface area contributed by atoms with Crippen molar-refractivity contribution in [2.45, 2.75) is 19.5 Å². The second kappa shape index (κ2) is 8.07. The van der Waals surface area contributed by atoms with Crippen molar-refractivity contribution in [1.82, 2.24) is 14.5 Å². The molecule has 0 amide bonds. The lowest BCUT2D eigenvalue weighted by Gasteiger charge is -2.26. The highest BCUT2D eigenvalue weighted by atomic mass is 32.1. The summed E-state index contributed by atoms with van der Waals surface area (Å²) in [6.07, 6.45) is 0.744. The Kier molecular flexibility index (Phi) is 5.11. The highest BCUT2D eigenvalue weighted by Crippen LogP contribution is 2.33. The Morgan fingerprint density at radius 1 is 1.10 bits per heavy atom. The molecule has 3 heterocycles. The van der Waals surface area contributed by atoms with E-state index >= 15 is 0 Å². The second-order valence-corrected chi connectivity index (χ2v) is 8.61. The highest BCUT2D eigenvalue weighted by Gasteiger charge is 2.27. The van der Waals surface area contributed by atoms with Gasteiger partial charge in [-0.2, -0.15) is 0 Å². The Hall–Kier alpha value is -3.33. The predicted molar refractivity (Wildman–Crippen MR) is 122 cm³/mol. The minimum atomic E-state index is -0.450. The third-order valence-electron chi connectivity index (χ3n) is 5.56. The average molecular weight is 432 g/mol. The lowest BCUT2D eigenvalue weighted by Crippen LogP contribution is -2.33. The predicted octanol–water partition coefficient (Wildman–Crippen LogP) is 2.99. The van der Waals surface area contributed by atoms with Crippen LogP contribution in [-0.4, -0.2) is 26.9 Å². The van der Waals surface area contributed by atoms with Crippen molar-refractivity contribution >= 4 is 33.4 Å². The summed E-state index contributed by atoms with van der Waals surface area (Å²) in [6.45, 7) is 2.45. The van der Waals surface area contributed by atoms with Crippen LogP contribution in [-0.2, 0) is 19.5 Å². The smallest absolute Gasteiger partial charge is 0.271 e. The fraction of sp³-hybridized carbons (Fsp3) is 0.174. The zero-order valence-electron chi connectivity index (χ0n) is 16.7. The number of fused-ring (bicyclic) bond motifs is 3. The molecule has 0 saturated carbocycles. The van der Waals surface area contributed by atoms with Crippen molar-refractivity contribution in [3.8, 4) is 0 Å². The number of hydrazine groups is 1. The number of rotatable bonds is 4. The summed E-state index contributed by atoms with van der Waals surface area (Å²) in [7, 11) is 0. The molecule has 0 spiro atoms. The molecule has 4 aromatic rings. The molecule has 0 bridgehead atoms. The van der Waals surface area contributed by atoms with E-state index in [9.17, 15) is 9.59 Å². The maximum atomic E-state index is 13.4. The van der Waals surface area contributed by atoms with E-state index in [-0.39, 0.29) is 11.5 Å². The van der Waals surface area contributed by atoms with Crippen molar-refractivity contribution in [3.63, 3.8) is 0 Å². The Labute approximate surface area is 182 Å². The number of thiophene rings is 1. The molecule has 156 valence electrons. The van der Waals surface area contributed by atoms with Crippen molar-refractivity contribution in [3.05, 3.63) is 92.6 Å². The summed E-state index contributed by atoms with van der Waals surface area (Å²) in [5.74, 6) is 5.23. The van der Waals surface area contributed by atoms with Gasteiger partial charge in [-0.05, 0) is 29.7 Å². The number of anilines is 1. The lowest BCUT2D eigenvalue weighted by atomic mass is 10.0. The highest BCUT2D eigenvalue weighted by molar-refractivity contribution is 7.18. The van der Waals surface area contributed by atoms with Gasteiger partial charge < -0.3 is 0 Å². The third kappa shape index (κ3) is 3.54. The fourth-order valence-electron chi connectivity index (χ4n) is 4.07. The van der Waals surface area contributed by atoms with Crippen LogP contribution in [0, 0.1) is 0 Å². The molecule has 2 aromatic heterocycles. The van der Waals surface area contributed by atoms with Crippen molar-refractivity contribution in [1.29, 1.82) is 0 Å². The number of hydrogen-bond acceptors (Lipinski definition) is 7. The van der Waals surface area contributed by atoms with Crippen molar-refractivity contribution in [2.24, 2.45) is 5.84 Å². The quantitative estimate of drug-likeness (QED) is 0.381. The number of carbonyl (C=O) groups is 1. The molecule has 0 saturated heterocycles. The molecule has 2 aromatic carbocycles. The molecule has 0 fully saturated rings. The number of carbonyl (C=O) groups excluding carboxylic acids is 1. The molecule has 7 nitrogen and oxygen atoms in total. The number of nitrogens with zero attached hydrogens (tertiary/aromatic N) is 3. The van der Waals surface area contributed by atoms with Crippen LogP contribution in [0.15, 0.2) is 65.5 Å². The zero-order valence-corrected chi connectivity index (χ0v) is 17.6. The van der Waals surface area contributed by atoms with Gasteiger partial charge in [0.15, 0.2) is 0 Å². The van der Waals surface area contributed by atoms with Gasteiger partial charge in [0.05, 0.1) is 5.39 Å². The molecular weight excluding hydrogens is 410 g/mol. The maximum absolute atomic E-state index is 13.4. The van der Waals surface area contributed by atoms with E-state index < -0.39 is 5.91 Å². The fourth-order valence-corrected chi connectivity index (χ4v) is 5.32. The maximum Gasteiger partial charge on any atom is 0.271 e. The molecule has 0 radical (unpaired) electrons. The first-order valence-electron chi connectivity index (χ1n) is 10.1. The van der Waals surface area contributed by atoms with E-state index in [1.807, 2.05) is 24.3 Å². The molecule has 0 unspecified atom stereocenters. The summed E-state index contributed by atoms with van der Waals surface area (Å²) in [6, 6.07) is 19.0. The number of benzene rings is 2. The number of nitrogen functional groups attached to an aromatic ring is 1. The Balaban J connectivity index is 1.55. The van der Waals surface area contributed by atoms with E-state index in [2.05, 4.69) is 27.4 Å². The number of aromatic nitrogens is 2.